The topological polar surface area (TPSA) is 61.7 Å². The van der Waals surface area contributed by atoms with Crippen LogP contribution in [0.4, 0.5) is 0 Å². The molecular weight excluding hydrogens is 230 g/mol. The van der Waals surface area contributed by atoms with Gasteiger partial charge in [0.05, 0.1) is 0 Å². The van der Waals surface area contributed by atoms with Crippen molar-refractivity contribution in [1.82, 2.24) is 5.32 Å². The van der Waals surface area contributed by atoms with Crippen LogP contribution in [-0.2, 0) is 4.74 Å². The summed E-state index contributed by atoms with van der Waals surface area (Å²) in [5, 5.41) is 22.4. The number of phenols is 2. The predicted octanol–water partition coefficient (Wildman–Crippen LogP) is 2.57. The molecule has 0 heterocycles. The molecule has 0 saturated carbocycles. The normalized spacial score (nSPS) is 12.6. The molecule has 0 aliphatic heterocycles. The Morgan fingerprint density at radius 2 is 2.00 bits per heavy atom. The lowest BCUT2D eigenvalue weighted by molar-refractivity contribution is 0.192. The van der Waals surface area contributed by atoms with Crippen molar-refractivity contribution in [2.24, 2.45) is 0 Å². The zero-order valence-corrected chi connectivity index (χ0v) is 11.1. The first-order valence-electron chi connectivity index (χ1n) is 6.39. The summed E-state index contributed by atoms with van der Waals surface area (Å²) in [4.78, 5) is 0. The molecule has 1 atom stereocenters. The van der Waals surface area contributed by atoms with E-state index in [2.05, 4.69) is 5.32 Å². The zero-order valence-electron chi connectivity index (χ0n) is 11.1. The fourth-order valence-electron chi connectivity index (χ4n) is 1.87. The van der Waals surface area contributed by atoms with E-state index in [1.165, 1.54) is 12.1 Å². The van der Waals surface area contributed by atoms with Crippen LogP contribution in [0.25, 0.3) is 0 Å². The molecule has 0 spiro atoms. The van der Waals surface area contributed by atoms with Crippen LogP contribution < -0.4 is 5.32 Å². The first-order chi connectivity index (χ1) is 8.65. The standard InChI is InChI=1S/C14H23NO3/c1-11(15-8-4-3-5-9-18-2)13-10-12(16)6-7-14(13)17/h6-7,10-11,15-17H,3-5,8-9H2,1-2H3. The Morgan fingerprint density at radius 3 is 2.72 bits per heavy atom. The van der Waals surface area contributed by atoms with Gasteiger partial charge in [-0.15, -0.1) is 0 Å². The van der Waals surface area contributed by atoms with Gasteiger partial charge in [-0.05, 0) is 50.9 Å². The van der Waals surface area contributed by atoms with Crippen molar-refractivity contribution in [2.75, 3.05) is 20.3 Å². The van der Waals surface area contributed by atoms with Gasteiger partial charge in [0.1, 0.15) is 11.5 Å². The summed E-state index contributed by atoms with van der Waals surface area (Å²) in [6.45, 7) is 3.67. The number of nitrogens with one attached hydrogen (secondary N) is 1. The molecule has 1 rings (SSSR count). The van der Waals surface area contributed by atoms with Gasteiger partial charge in [-0.1, -0.05) is 0 Å². The molecule has 0 aliphatic carbocycles. The second kappa shape index (κ2) is 7.95. The Hall–Kier alpha value is -1.26. The molecule has 0 saturated heterocycles. The van der Waals surface area contributed by atoms with Gasteiger partial charge in [0.15, 0.2) is 0 Å². The summed E-state index contributed by atoms with van der Waals surface area (Å²) < 4.78 is 4.99. The van der Waals surface area contributed by atoms with Crippen molar-refractivity contribution >= 4 is 0 Å². The maximum absolute atomic E-state index is 9.71. The lowest BCUT2D eigenvalue weighted by Crippen LogP contribution is -2.20. The number of methoxy groups -OCH3 is 1. The van der Waals surface area contributed by atoms with Crippen LogP contribution in [-0.4, -0.2) is 30.5 Å². The molecule has 0 radical (unpaired) electrons. The molecule has 0 amide bonds. The molecule has 0 aliphatic rings. The van der Waals surface area contributed by atoms with E-state index in [0.717, 1.165) is 38.0 Å². The van der Waals surface area contributed by atoms with Crippen molar-refractivity contribution < 1.29 is 14.9 Å². The Bertz CT molecular complexity index is 355. The third kappa shape index (κ3) is 4.94. The van der Waals surface area contributed by atoms with Crippen molar-refractivity contribution in [3.05, 3.63) is 23.8 Å². The van der Waals surface area contributed by atoms with E-state index in [9.17, 15) is 10.2 Å². The van der Waals surface area contributed by atoms with E-state index >= 15 is 0 Å². The summed E-state index contributed by atoms with van der Waals surface area (Å²) in [5.74, 6) is 0.392. The molecule has 4 nitrogen and oxygen atoms in total. The fourth-order valence-corrected chi connectivity index (χ4v) is 1.87. The average Bonchev–Trinajstić information content (AvgIpc) is 2.36. The maximum Gasteiger partial charge on any atom is 0.120 e. The van der Waals surface area contributed by atoms with Crippen LogP contribution in [0.2, 0.25) is 0 Å². The zero-order chi connectivity index (χ0) is 13.4. The van der Waals surface area contributed by atoms with E-state index in [1.54, 1.807) is 13.2 Å². The van der Waals surface area contributed by atoms with Gasteiger partial charge in [-0.3, -0.25) is 0 Å². The summed E-state index contributed by atoms with van der Waals surface area (Å²) in [6.07, 6.45) is 3.27. The van der Waals surface area contributed by atoms with Gasteiger partial charge in [-0.25, -0.2) is 0 Å². The highest BCUT2D eigenvalue weighted by atomic mass is 16.5. The molecule has 1 aromatic rings. The first kappa shape index (κ1) is 14.8. The fraction of sp³-hybridized carbons (Fsp3) is 0.571. The first-order valence-corrected chi connectivity index (χ1v) is 6.39. The number of phenolic OH excluding ortho intramolecular Hbond substituents is 2. The molecule has 3 N–H and O–H groups in total. The summed E-state index contributed by atoms with van der Waals surface area (Å²) >= 11 is 0. The highest BCUT2D eigenvalue weighted by Crippen LogP contribution is 2.27. The molecule has 4 heteroatoms. The minimum atomic E-state index is 0.0273. The predicted molar refractivity (Wildman–Crippen MR) is 71.9 cm³/mol. The minimum Gasteiger partial charge on any atom is -0.508 e. The molecule has 1 aromatic carbocycles. The number of hydrogen-bond acceptors (Lipinski definition) is 4. The van der Waals surface area contributed by atoms with Crippen LogP contribution in [0.3, 0.4) is 0 Å². The van der Waals surface area contributed by atoms with Gasteiger partial charge in [0, 0.05) is 25.3 Å². The third-order valence-corrected chi connectivity index (χ3v) is 2.95. The van der Waals surface area contributed by atoms with Gasteiger partial charge >= 0.3 is 0 Å². The number of ether oxygens (including phenoxy) is 1. The molecule has 0 bridgehead atoms. The van der Waals surface area contributed by atoms with Crippen LogP contribution in [0, 0.1) is 0 Å². The second-order valence-corrected chi connectivity index (χ2v) is 4.47. The highest BCUT2D eigenvalue weighted by Gasteiger charge is 2.10. The summed E-state index contributed by atoms with van der Waals surface area (Å²) in [7, 11) is 1.71. The lowest BCUT2D eigenvalue weighted by Gasteiger charge is -2.15. The Labute approximate surface area is 109 Å². The van der Waals surface area contributed by atoms with E-state index in [4.69, 9.17) is 4.74 Å². The largest absolute Gasteiger partial charge is 0.508 e. The van der Waals surface area contributed by atoms with Crippen molar-refractivity contribution in [3.63, 3.8) is 0 Å². The van der Waals surface area contributed by atoms with Crippen molar-refractivity contribution in [3.8, 4) is 11.5 Å². The van der Waals surface area contributed by atoms with E-state index < -0.39 is 0 Å². The number of hydrogen-bond donors (Lipinski definition) is 3. The lowest BCUT2D eigenvalue weighted by atomic mass is 10.1. The molecule has 18 heavy (non-hydrogen) atoms. The van der Waals surface area contributed by atoms with E-state index in [-0.39, 0.29) is 17.5 Å². The molecule has 0 fully saturated rings. The van der Waals surface area contributed by atoms with Crippen molar-refractivity contribution in [1.29, 1.82) is 0 Å². The minimum absolute atomic E-state index is 0.0273. The van der Waals surface area contributed by atoms with Gasteiger partial charge < -0.3 is 20.3 Å². The van der Waals surface area contributed by atoms with Crippen LogP contribution in [0.15, 0.2) is 18.2 Å². The maximum atomic E-state index is 9.71. The van der Waals surface area contributed by atoms with Crippen LogP contribution in [0.5, 0.6) is 11.5 Å². The molecule has 0 aromatic heterocycles. The molecular formula is C14H23NO3. The second-order valence-electron chi connectivity index (χ2n) is 4.47. The molecule has 1 unspecified atom stereocenters. The van der Waals surface area contributed by atoms with Gasteiger partial charge in [-0.2, -0.15) is 0 Å². The van der Waals surface area contributed by atoms with Crippen LogP contribution in [0.1, 0.15) is 37.8 Å². The van der Waals surface area contributed by atoms with E-state index in [0.29, 0.717) is 0 Å². The Kier molecular flexibility index (Phi) is 6.54. The van der Waals surface area contributed by atoms with Gasteiger partial charge in [0.25, 0.3) is 0 Å². The SMILES string of the molecule is COCCCCCNC(C)c1cc(O)ccc1O. The highest BCUT2D eigenvalue weighted by molar-refractivity contribution is 5.40. The van der Waals surface area contributed by atoms with E-state index in [1.807, 2.05) is 6.92 Å². The number of benzene rings is 1. The average molecular weight is 253 g/mol. The number of aromatic hydroxyl groups is 2. The summed E-state index contributed by atoms with van der Waals surface area (Å²) in [5.41, 5.74) is 0.729. The smallest absolute Gasteiger partial charge is 0.120 e. The molecule has 102 valence electrons. The van der Waals surface area contributed by atoms with Gasteiger partial charge in [0.2, 0.25) is 0 Å². The Balaban J connectivity index is 2.31. The monoisotopic (exact) mass is 253 g/mol. The Morgan fingerprint density at radius 1 is 1.22 bits per heavy atom. The van der Waals surface area contributed by atoms with Crippen LogP contribution >= 0.6 is 0 Å². The van der Waals surface area contributed by atoms with Crippen molar-refractivity contribution in [2.45, 2.75) is 32.2 Å². The quantitative estimate of drug-likeness (QED) is 0.492. The summed E-state index contributed by atoms with van der Waals surface area (Å²) in [6, 6.07) is 4.62. The third-order valence-electron chi connectivity index (χ3n) is 2.95. The number of unbranched alkanes of at least 4 members (excludes halogenated alkanes) is 2. The number of rotatable bonds is 8.